The smallest absolute Gasteiger partial charge is 0.0337 e. The summed E-state index contributed by atoms with van der Waals surface area (Å²) in [5, 5.41) is 0. The molecule has 0 aromatic heterocycles. The van der Waals surface area contributed by atoms with Gasteiger partial charge in [0.2, 0.25) is 0 Å². The van der Waals surface area contributed by atoms with Gasteiger partial charge in [0.1, 0.15) is 0 Å². The maximum Gasteiger partial charge on any atom is 0.0337 e. The van der Waals surface area contributed by atoms with E-state index in [1.54, 1.807) is 0 Å². The van der Waals surface area contributed by atoms with Crippen LogP contribution in [-0.4, -0.2) is 24.0 Å². The highest BCUT2D eigenvalue weighted by molar-refractivity contribution is 5.22. The van der Waals surface area contributed by atoms with Crippen LogP contribution in [0.5, 0.6) is 0 Å². The van der Waals surface area contributed by atoms with Gasteiger partial charge in [0, 0.05) is 18.6 Å². The summed E-state index contributed by atoms with van der Waals surface area (Å²) in [6.45, 7) is 8.64. The lowest BCUT2D eigenvalue weighted by atomic mass is 9.86. The van der Waals surface area contributed by atoms with Crippen molar-refractivity contribution in [2.75, 3.05) is 13.6 Å². The van der Waals surface area contributed by atoms with Crippen LogP contribution in [0.25, 0.3) is 0 Å². The van der Waals surface area contributed by atoms with Gasteiger partial charge in [-0.15, -0.1) is 0 Å². The first-order chi connectivity index (χ1) is 8.87. The van der Waals surface area contributed by atoms with Crippen LogP contribution in [-0.2, 0) is 6.54 Å². The molecule has 1 atom stereocenters. The van der Waals surface area contributed by atoms with Crippen molar-refractivity contribution in [3.05, 3.63) is 35.4 Å². The average molecular weight is 260 g/mol. The van der Waals surface area contributed by atoms with Crippen LogP contribution in [0.4, 0.5) is 0 Å². The number of hydrogen-bond donors (Lipinski definition) is 1. The fraction of sp³-hybridized carbons (Fsp3) is 0.647. The van der Waals surface area contributed by atoms with Crippen molar-refractivity contribution in [3.63, 3.8) is 0 Å². The summed E-state index contributed by atoms with van der Waals surface area (Å²) in [6.07, 6.45) is 3.71. The van der Waals surface area contributed by atoms with E-state index in [1.165, 1.54) is 30.4 Å². The van der Waals surface area contributed by atoms with Crippen LogP contribution in [0.2, 0.25) is 0 Å². The van der Waals surface area contributed by atoms with Crippen molar-refractivity contribution in [2.24, 2.45) is 11.1 Å². The zero-order valence-electron chi connectivity index (χ0n) is 12.9. The summed E-state index contributed by atoms with van der Waals surface area (Å²) < 4.78 is 0. The standard InChI is InChI=1S/C17H28N2/c1-14-6-5-7-15(10-14)11-19(4)17(13-18)9-8-16(2,3)12-17/h5-7,10H,8-9,11-13,18H2,1-4H3. The number of benzene rings is 1. The topological polar surface area (TPSA) is 29.3 Å². The van der Waals surface area contributed by atoms with Gasteiger partial charge in [-0.3, -0.25) is 4.90 Å². The molecule has 0 spiro atoms. The van der Waals surface area contributed by atoms with Crippen molar-refractivity contribution in [2.45, 2.75) is 52.1 Å². The number of rotatable bonds is 4. The molecular formula is C17H28N2. The van der Waals surface area contributed by atoms with Gasteiger partial charge in [0.15, 0.2) is 0 Å². The minimum absolute atomic E-state index is 0.188. The third-order valence-corrected chi connectivity index (χ3v) is 4.77. The van der Waals surface area contributed by atoms with Crippen molar-refractivity contribution < 1.29 is 0 Å². The Labute approximate surface area is 118 Å². The summed E-state index contributed by atoms with van der Waals surface area (Å²) in [5.41, 5.74) is 9.47. The van der Waals surface area contributed by atoms with E-state index in [9.17, 15) is 0 Å². The Kier molecular flexibility index (Phi) is 4.03. The highest BCUT2D eigenvalue weighted by Gasteiger charge is 2.44. The fourth-order valence-corrected chi connectivity index (χ4v) is 3.55. The summed E-state index contributed by atoms with van der Waals surface area (Å²) in [7, 11) is 2.23. The lowest BCUT2D eigenvalue weighted by Crippen LogP contribution is -2.50. The summed E-state index contributed by atoms with van der Waals surface area (Å²) in [5.74, 6) is 0. The van der Waals surface area contributed by atoms with Crippen LogP contribution in [0.1, 0.15) is 44.2 Å². The summed E-state index contributed by atoms with van der Waals surface area (Å²) in [6, 6.07) is 8.79. The molecule has 1 fully saturated rings. The monoisotopic (exact) mass is 260 g/mol. The molecule has 1 aromatic carbocycles. The molecule has 2 N–H and O–H groups in total. The Hall–Kier alpha value is -0.860. The predicted molar refractivity (Wildman–Crippen MR) is 82.1 cm³/mol. The van der Waals surface area contributed by atoms with Crippen molar-refractivity contribution >= 4 is 0 Å². The van der Waals surface area contributed by atoms with E-state index >= 15 is 0 Å². The average Bonchev–Trinajstić information content (AvgIpc) is 2.66. The number of nitrogens with two attached hydrogens (primary N) is 1. The van der Waals surface area contributed by atoms with Gasteiger partial charge < -0.3 is 5.73 Å². The zero-order valence-corrected chi connectivity index (χ0v) is 12.9. The second-order valence-electron chi connectivity index (χ2n) is 7.11. The van der Waals surface area contributed by atoms with Gasteiger partial charge >= 0.3 is 0 Å². The predicted octanol–water partition coefficient (Wildman–Crippen LogP) is 3.33. The first kappa shape index (κ1) is 14.5. The Morgan fingerprint density at radius 1 is 1.26 bits per heavy atom. The van der Waals surface area contributed by atoms with E-state index in [2.05, 4.69) is 57.0 Å². The molecule has 0 radical (unpaired) electrons. The van der Waals surface area contributed by atoms with Crippen LogP contribution in [0.15, 0.2) is 24.3 Å². The maximum absolute atomic E-state index is 6.13. The lowest BCUT2D eigenvalue weighted by Gasteiger charge is -2.39. The highest BCUT2D eigenvalue weighted by atomic mass is 15.2. The molecular weight excluding hydrogens is 232 g/mol. The molecule has 1 unspecified atom stereocenters. The SMILES string of the molecule is Cc1cccc(CN(C)C2(CN)CCC(C)(C)C2)c1. The molecule has 0 heterocycles. The number of likely N-dealkylation sites (N-methyl/N-ethyl adjacent to an activating group) is 1. The molecule has 0 saturated heterocycles. The summed E-state index contributed by atoms with van der Waals surface area (Å²) in [4.78, 5) is 2.48. The molecule has 2 heteroatoms. The van der Waals surface area contributed by atoms with Gasteiger partial charge in [0.05, 0.1) is 0 Å². The highest BCUT2D eigenvalue weighted by Crippen LogP contribution is 2.46. The zero-order chi connectivity index (χ0) is 14.1. The molecule has 1 saturated carbocycles. The van der Waals surface area contributed by atoms with Crippen LogP contribution in [0.3, 0.4) is 0 Å². The van der Waals surface area contributed by atoms with E-state index in [1.807, 2.05) is 0 Å². The van der Waals surface area contributed by atoms with Gasteiger partial charge in [0.25, 0.3) is 0 Å². The van der Waals surface area contributed by atoms with Gasteiger partial charge in [-0.25, -0.2) is 0 Å². The van der Waals surface area contributed by atoms with Gasteiger partial charge in [-0.2, -0.15) is 0 Å². The number of nitrogens with zero attached hydrogens (tertiary/aromatic N) is 1. The van der Waals surface area contributed by atoms with Gasteiger partial charge in [-0.05, 0) is 44.2 Å². The maximum atomic E-state index is 6.13. The lowest BCUT2D eigenvalue weighted by molar-refractivity contribution is 0.111. The first-order valence-corrected chi connectivity index (χ1v) is 7.34. The number of hydrogen-bond acceptors (Lipinski definition) is 2. The second kappa shape index (κ2) is 5.26. The van der Waals surface area contributed by atoms with E-state index in [0.29, 0.717) is 5.41 Å². The Morgan fingerprint density at radius 3 is 2.53 bits per heavy atom. The third kappa shape index (κ3) is 3.18. The van der Waals surface area contributed by atoms with Crippen LogP contribution >= 0.6 is 0 Å². The van der Waals surface area contributed by atoms with Crippen molar-refractivity contribution in [3.8, 4) is 0 Å². The van der Waals surface area contributed by atoms with E-state index in [-0.39, 0.29) is 5.54 Å². The third-order valence-electron chi connectivity index (χ3n) is 4.77. The van der Waals surface area contributed by atoms with E-state index in [0.717, 1.165) is 13.1 Å². The molecule has 1 aliphatic carbocycles. The second-order valence-corrected chi connectivity index (χ2v) is 7.11. The fourth-order valence-electron chi connectivity index (χ4n) is 3.55. The molecule has 1 aliphatic rings. The normalized spacial score (nSPS) is 26.0. The Balaban J connectivity index is 2.12. The van der Waals surface area contributed by atoms with Crippen LogP contribution < -0.4 is 5.73 Å². The summed E-state index contributed by atoms with van der Waals surface area (Å²) >= 11 is 0. The van der Waals surface area contributed by atoms with E-state index < -0.39 is 0 Å². The minimum Gasteiger partial charge on any atom is -0.329 e. The number of aryl methyl sites for hydroxylation is 1. The quantitative estimate of drug-likeness (QED) is 0.899. The van der Waals surface area contributed by atoms with Crippen molar-refractivity contribution in [1.29, 1.82) is 0 Å². The first-order valence-electron chi connectivity index (χ1n) is 7.34. The Morgan fingerprint density at radius 2 is 2.00 bits per heavy atom. The Bertz CT molecular complexity index is 439. The molecule has 1 aromatic rings. The molecule has 106 valence electrons. The molecule has 0 bridgehead atoms. The minimum atomic E-state index is 0.188. The molecule has 0 aliphatic heterocycles. The molecule has 19 heavy (non-hydrogen) atoms. The van der Waals surface area contributed by atoms with E-state index in [4.69, 9.17) is 5.73 Å². The molecule has 2 rings (SSSR count). The van der Waals surface area contributed by atoms with Gasteiger partial charge in [-0.1, -0.05) is 43.7 Å². The molecule has 2 nitrogen and oxygen atoms in total. The van der Waals surface area contributed by atoms with Crippen LogP contribution in [0, 0.1) is 12.3 Å². The largest absolute Gasteiger partial charge is 0.329 e. The van der Waals surface area contributed by atoms with Crippen molar-refractivity contribution in [1.82, 2.24) is 4.90 Å². The molecule has 0 amide bonds.